The van der Waals surface area contributed by atoms with E-state index in [4.69, 9.17) is 12.2 Å². The molecular weight excluding hydrogens is 344 g/mol. The van der Waals surface area contributed by atoms with Crippen LogP contribution in [0.2, 0.25) is 0 Å². The summed E-state index contributed by atoms with van der Waals surface area (Å²) in [6.45, 7) is 2.85. The van der Waals surface area contributed by atoms with Crippen molar-refractivity contribution in [2.45, 2.75) is 45.1 Å². The van der Waals surface area contributed by atoms with Crippen LogP contribution in [0.5, 0.6) is 0 Å². The predicted octanol–water partition coefficient (Wildman–Crippen LogP) is 3.58. The van der Waals surface area contributed by atoms with E-state index in [0.29, 0.717) is 18.2 Å². The summed E-state index contributed by atoms with van der Waals surface area (Å²) in [7, 11) is 0. The molecular formula is C20H28N4OS. The van der Waals surface area contributed by atoms with Crippen molar-refractivity contribution in [1.29, 1.82) is 0 Å². The van der Waals surface area contributed by atoms with Gasteiger partial charge in [0.25, 0.3) is 0 Å². The van der Waals surface area contributed by atoms with Crippen LogP contribution in [-0.4, -0.2) is 40.8 Å². The van der Waals surface area contributed by atoms with Crippen LogP contribution in [0.3, 0.4) is 0 Å². The highest BCUT2D eigenvalue weighted by molar-refractivity contribution is 7.80. The maximum atomic E-state index is 12.5. The van der Waals surface area contributed by atoms with Crippen molar-refractivity contribution in [3.63, 3.8) is 0 Å². The smallest absolute Gasteiger partial charge is 0.336 e. The van der Waals surface area contributed by atoms with Gasteiger partial charge in [0.05, 0.1) is 0 Å². The number of carbonyl (C=O) groups is 1. The summed E-state index contributed by atoms with van der Waals surface area (Å²) in [5.74, 6) is 0. The van der Waals surface area contributed by atoms with E-state index >= 15 is 0 Å². The lowest BCUT2D eigenvalue weighted by molar-refractivity contribution is 0.124. The lowest BCUT2D eigenvalue weighted by Gasteiger charge is -2.30. The van der Waals surface area contributed by atoms with Crippen LogP contribution in [-0.2, 0) is 6.54 Å². The van der Waals surface area contributed by atoms with Gasteiger partial charge in [0.1, 0.15) is 0 Å². The van der Waals surface area contributed by atoms with Gasteiger partial charge in [-0.05, 0) is 56.3 Å². The molecule has 0 bridgehead atoms. The number of allylic oxidation sites excluding steroid dienone is 1. The Balaban J connectivity index is 1.44. The number of thiocarbonyl (C=S) groups is 1. The minimum Gasteiger partial charge on any atom is -0.361 e. The zero-order valence-corrected chi connectivity index (χ0v) is 16.1. The Morgan fingerprint density at radius 3 is 2.62 bits per heavy atom. The molecule has 0 unspecified atom stereocenters. The van der Waals surface area contributed by atoms with Crippen molar-refractivity contribution in [1.82, 2.24) is 20.7 Å². The van der Waals surface area contributed by atoms with Crippen molar-refractivity contribution >= 4 is 23.4 Å². The van der Waals surface area contributed by atoms with Crippen LogP contribution in [0.4, 0.5) is 4.79 Å². The minimum absolute atomic E-state index is 0.0921. The first-order chi connectivity index (χ1) is 12.7. The fourth-order valence-electron chi connectivity index (χ4n) is 3.45. The van der Waals surface area contributed by atoms with E-state index in [9.17, 15) is 4.79 Å². The minimum atomic E-state index is -0.0921. The van der Waals surface area contributed by atoms with E-state index in [1.54, 1.807) is 5.01 Å². The topological polar surface area (TPSA) is 47.6 Å². The van der Waals surface area contributed by atoms with E-state index in [1.807, 2.05) is 35.3 Å². The number of hydrazine groups is 1. The van der Waals surface area contributed by atoms with Gasteiger partial charge in [0.2, 0.25) is 0 Å². The molecule has 1 aromatic rings. The van der Waals surface area contributed by atoms with Crippen LogP contribution in [0.15, 0.2) is 42.0 Å². The van der Waals surface area contributed by atoms with Gasteiger partial charge in [0, 0.05) is 26.2 Å². The van der Waals surface area contributed by atoms with Crippen molar-refractivity contribution in [2.24, 2.45) is 0 Å². The number of rotatable bonds is 5. The molecule has 6 heteroatoms. The molecule has 0 atom stereocenters. The zero-order chi connectivity index (χ0) is 18.2. The van der Waals surface area contributed by atoms with E-state index in [1.165, 1.54) is 31.3 Å². The third-order valence-corrected chi connectivity index (χ3v) is 5.25. The number of hydrogen-bond donors (Lipinski definition) is 2. The third kappa shape index (κ3) is 5.21. The second kappa shape index (κ2) is 9.57. The van der Waals surface area contributed by atoms with Gasteiger partial charge >= 0.3 is 6.03 Å². The number of nitrogens with zero attached hydrogens (tertiary/aromatic N) is 2. The molecule has 1 fully saturated rings. The quantitative estimate of drug-likeness (QED) is 0.613. The highest BCUT2D eigenvalue weighted by Crippen LogP contribution is 2.19. The number of carbonyl (C=O) groups excluding carboxylic acids is 1. The molecule has 3 rings (SSSR count). The van der Waals surface area contributed by atoms with Gasteiger partial charge in [-0.3, -0.25) is 5.01 Å². The lowest BCUT2D eigenvalue weighted by atomic mass is 9.97. The fourth-order valence-corrected chi connectivity index (χ4v) is 3.74. The lowest BCUT2D eigenvalue weighted by Crippen LogP contribution is -2.52. The van der Waals surface area contributed by atoms with Crippen molar-refractivity contribution < 1.29 is 4.79 Å². The van der Waals surface area contributed by atoms with Gasteiger partial charge < -0.3 is 10.6 Å². The predicted molar refractivity (Wildman–Crippen MR) is 108 cm³/mol. The Kier molecular flexibility index (Phi) is 6.89. The second-order valence-corrected chi connectivity index (χ2v) is 7.22. The monoisotopic (exact) mass is 372 g/mol. The Morgan fingerprint density at radius 1 is 1.04 bits per heavy atom. The molecule has 0 saturated carbocycles. The van der Waals surface area contributed by atoms with Crippen molar-refractivity contribution in [3.8, 4) is 0 Å². The molecule has 1 heterocycles. The summed E-state index contributed by atoms with van der Waals surface area (Å²) in [4.78, 5) is 12.5. The number of amides is 2. The highest BCUT2D eigenvalue weighted by atomic mass is 32.1. The maximum Gasteiger partial charge on any atom is 0.336 e. The van der Waals surface area contributed by atoms with Crippen LogP contribution in [0, 0.1) is 0 Å². The maximum absolute atomic E-state index is 12.5. The summed E-state index contributed by atoms with van der Waals surface area (Å²) < 4.78 is 0. The molecule has 1 aromatic carbocycles. The normalized spacial score (nSPS) is 17.0. The molecule has 0 aromatic heterocycles. The molecule has 5 nitrogen and oxygen atoms in total. The largest absolute Gasteiger partial charge is 0.361 e. The number of urea groups is 1. The van der Waals surface area contributed by atoms with E-state index < -0.39 is 0 Å². The molecule has 0 spiro atoms. The SMILES string of the molecule is O=C(NCc1ccccc1)N1CCCN1C(=S)NCCC1=CCCCC1. The van der Waals surface area contributed by atoms with Gasteiger partial charge in [-0.25, -0.2) is 9.80 Å². The summed E-state index contributed by atoms with van der Waals surface area (Å²) >= 11 is 5.53. The fraction of sp³-hybridized carbons (Fsp3) is 0.500. The first-order valence-corrected chi connectivity index (χ1v) is 9.97. The van der Waals surface area contributed by atoms with Gasteiger partial charge in [-0.1, -0.05) is 42.0 Å². The van der Waals surface area contributed by atoms with Gasteiger partial charge in [0.15, 0.2) is 5.11 Å². The zero-order valence-electron chi connectivity index (χ0n) is 15.2. The van der Waals surface area contributed by atoms with Crippen LogP contribution < -0.4 is 10.6 Å². The molecule has 2 aliphatic rings. The number of hydrogen-bond acceptors (Lipinski definition) is 2. The Bertz CT molecular complexity index is 646. The molecule has 2 N–H and O–H groups in total. The first-order valence-electron chi connectivity index (χ1n) is 9.56. The number of nitrogens with one attached hydrogen (secondary N) is 2. The molecule has 140 valence electrons. The molecule has 2 amide bonds. The average molecular weight is 373 g/mol. The molecule has 26 heavy (non-hydrogen) atoms. The standard InChI is InChI=1S/C20H28N4OS/c25-19(22-16-18-10-5-2-6-11-18)23-14-7-15-24(23)20(26)21-13-12-17-8-3-1-4-9-17/h2,5-6,8,10-11H,1,3-4,7,9,12-16H2,(H,21,26)(H,22,25). The van der Waals surface area contributed by atoms with Crippen LogP contribution >= 0.6 is 12.2 Å². The molecule has 1 aliphatic carbocycles. The Labute approximate surface area is 161 Å². The molecule has 0 radical (unpaired) electrons. The van der Waals surface area contributed by atoms with Crippen molar-refractivity contribution in [3.05, 3.63) is 47.5 Å². The van der Waals surface area contributed by atoms with E-state index in [-0.39, 0.29) is 6.03 Å². The van der Waals surface area contributed by atoms with E-state index in [0.717, 1.165) is 31.5 Å². The van der Waals surface area contributed by atoms with Gasteiger partial charge in [-0.2, -0.15) is 0 Å². The van der Waals surface area contributed by atoms with E-state index in [2.05, 4.69) is 16.7 Å². The summed E-state index contributed by atoms with van der Waals surface area (Å²) in [6, 6.07) is 9.85. The van der Waals surface area contributed by atoms with Crippen molar-refractivity contribution in [2.75, 3.05) is 19.6 Å². The molecule has 1 saturated heterocycles. The van der Waals surface area contributed by atoms with Crippen LogP contribution in [0.1, 0.15) is 44.1 Å². The number of benzene rings is 1. The van der Waals surface area contributed by atoms with Gasteiger partial charge in [-0.15, -0.1) is 0 Å². The molecule has 1 aliphatic heterocycles. The Hall–Kier alpha value is -2.08. The third-order valence-electron chi connectivity index (χ3n) is 4.89. The summed E-state index contributed by atoms with van der Waals surface area (Å²) in [5, 5.41) is 10.6. The highest BCUT2D eigenvalue weighted by Gasteiger charge is 2.28. The average Bonchev–Trinajstić information content (AvgIpc) is 3.18. The second-order valence-electron chi connectivity index (χ2n) is 6.83. The first kappa shape index (κ1) is 18.7. The summed E-state index contributed by atoms with van der Waals surface area (Å²) in [6.07, 6.45) is 9.38. The Morgan fingerprint density at radius 2 is 1.85 bits per heavy atom. The van der Waals surface area contributed by atoms with Crippen LogP contribution in [0.25, 0.3) is 0 Å². The summed E-state index contributed by atoms with van der Waals surface area (Å²) in [5.41, 5.74) is 2.62.